The maximum Gasteiger partial charge on any atom is 0.0579 e. The highest BCUT2D eigenvalue weighted by atomic mass is 79.9. The SMILES string of the molecule is C=C(Br)CNc1cccc(C)c1N. The lowest BCUT2D eigenvalue weighted by Gasteiger charge is -2.09. The minimum atomic E-state index is 0.688. The van der Waals surface area contributed by atoms with Gasteiger partial charge in [-0.3, -0.25) is 0 Å². The highest BCUT2D eigenvalue weighted by Gasteiger charge is 1.99. The van der Waals surface area contributed by atoms with Crippen LogP contribution >= 0.6 is 15.9 Å². The Morgan fingerprint density at radius 2 is 2.31 bits per heavy atom. The lowest BCUT2D eigenvalue weighted by atomic mass is 10.2. The molecule has 0 aromatic heterocycles. The maximum absolute atomic E-state index is 5.86. The Kier molecular flexibility index (Phi) is 3.37. The molecule has 0 unspecified atom stereocenters. The van der Waals surface area contributed by atoms with Gasteiger partial charge in [0.1, 0.15) is 0 Å². The van der Waals surface area contributed by atoms with Crippen molar-refractivity contribution in [1.29, 1.82) is 0 Å². The van der Waals surface area contributed by atoms with Crippen LogP contribution in [-0.2, 0) is 0 Å². The molecule has 13 heavy (non-hydrogen) atoms. The number of aryl methyl sites for hydroxylation is 1. The van der Waals surface area contributed by atoms with Crippen molar-refractivity contribution in [3.8, 4) is 0 Å². The third-order valence-corrected chi connectivity index (χ3v) is 2.08. The van der Waals surface area contributed by atoms with Crippen molar-refractivity contribution in [1.82, 2.24) is 0 Å². The van der Waals surface area contributed by atoms with E-state index in [4.69, 9.17) is 5.73 Å². The van der Waals surface area contributed by atoms with Crippen LogP contribution in [0, 0.1) is 6.92 Å². The van der Waals surface area contributed by atoms with Gasteiger partial charge in [0.25, 0.3) is 0 Å². The molecule has 1 aromatic rings. The first kappa shape index (κ1) is 10.1. The lowest BCUT2D eigenvalue weighted by Crippen LogP contribution is -2.04. The van der Waals surface area contributed by atoms with Crippen molar-refractivity contribution >= 4 is 27.3 Å². The summed E-state index contributed by atoms with van der Waals surface area (Å²) in [5, 5.41) is 3.18. The van der Waals surface area contributed by atoms with Gasteiger partial charge in [-0.2, -0.15) is 0 Å². The van der Waals surface area contributed by atoms with Gasteiger partial charge in [-0.25, -0.2) is 0 Å². The topological polar surface area (TPSA) is 38.0 Å². The number of nitrogens with one attached hydrogen (secondary N) is 1. The van der Waals surface area contributed by atoms with Gasteiger partial charge in [0.05, 0.1) is 11.4 Å². The number of hydrogen-bond acceptors (Lipinski definition) is 2. The number of benzene rings is 1. The fraction of sp³-hybridized carbons (Fsp3) is 0.200. The van der Waals surface area contributed by atoms with E-state index >= 15 is 0 Å². The summed E-state index contributed by atoms with van der Waals surface area (Å²) in [4.78, 5) is 0. The minimum Gasteiger partial charge on any atom is -0.397 e. The van der Waals surface area contributed by atoms with Crippen LogP contribution < -0.4 is 11.1 Å². The van der Waals surface area contributed by atoms with Crippen molar-refractivity contribution in [2.75, 3.05) is 17.6 Å². The number of nitrogen functional groups attached to an aromatic ring is 1. The molecule has 0 saturated heterocycles. The highest BCUT2D eigenvalue weighted by molar-refractivity contribution is 9.11. The van der Waals surface area contributed by atoms with Crippen molar-refractivity contribution in [3.63, 3.8) is 0 Å². The largest absolute Gasteiger partial charge is 0.397 e. The van der Waals surface area contributed by atoms with Crippen LogP contribution in [0.5, 0.6) is 0 Å². The van der Waals surface area contributed by atoms with Crippen molar-refractivity contribution in [3.05, 3.63) is 34.8 Å². The van der Waals surface area contributed by atoms with Gasteiger partial charge < -0.3 is 11.1 Å². The Bertz CT molecular complexity index is 321. The molecule has 70 valence electrons. The van der Waals surface area contributed by atoms with Crippen LogP contribution in [0.3, 0.4) is 0 Å². The van der Waals surface area contributed by atoms with E-state index in [-0.39, 0.29) is 0 Å². The first-order valence-electron chi connectivity index (χ1n) is 4.03. The van der Waals surface area contributed by atoms with Gasteiger partial charge >= 0.3 is 0 Å². The summed E-state index contributed by atoms with van der Waals surface area (Å²) < 4.78 is 0.911. The van der Waals surface area contributed by atoms with E-state index in [9.17, 15) is 0 Å². The molecular weight excluding hydrogens is 228 g/mol. The van der Waals surface area contributed by atoms with E-state index in [1.165, 1.54) is 0 Å². The maximum atomic E-state index is 5.86. The zero-order valence-corrected chi connectivity index (χ0v) is 9.19. The molecule has 1 rings (SSSR count). The van der Waals surface area contributed by atoms with Gasteiger partial charge in [-0.05, 0) is 18.6 Å². The van der Waals surface area contributed by atoms with E-state index in [2.05, 4.69) is 27.8 Å². The normalized spacial score (nSPS) is 9.69. The molecule has 3 N–H and O–H groups in total. The van der Waals surface area contributed by atoms with Crippen LogP contribution in [-0.4, -0.2) is 6.54 Å². The van der Waals surface area contributed by atoms with Crippen molar-refractivity contribution < 1.29 is 0 Å². The molecule has 0 bridgehead atoms. The minimum absolute atomic E-state index is 0.688. The monoisotopic (exact) mass is 240 g/mol. The van der Waals surface area contributed by atoms with Crippen LogP contribution in [0.15, 0.2) is 29.3 Å². The standard InChI is InChI=1S/C10H13BrN2/c1-7-4-3-5-9(10(7)12)13-6-8(2)11/h3-5,13H,2,6,12H2,1H3. The number of para-hydroxylation sites is 1. The molecule has 0 aliphatic carbocycles. The number of nitrogens with two attached hydrogens (primary N) is 1. The molecule has 3 heteroatoms. The van der Waals surface area contributed by atoms with Gasteiger partial charge in [0.15, 0.2) is 0 Å². The number of halogens is 1. The van der Waals surface area contributed by atoms with E-state index in [1.54, 1.807) is 0 Å². The summed E-state index contributed by atoms with van der Waals surface area (Å²) in [6.07, 6.45) is 0. The number of anilines is 2. The molecule has 0 aliphatic heterocycles. The van der Waals surface area contributed by atoms with E-state index in [0.29, 0.717) is 6.54 Å². The first-order valence-corrected chi connectivity index (χ1v) is 4.83. The second kappa shape index (κ2) is 4.33. The molecule has 0 radical (unpaired) electrons. The average Bonchev–Trinajstić information content (AvgIpc) is 2.07. The van der Waals surface area contributed by atoms with Gasteiger partial charge in [-0.1, -0.05) is 34.6 Å². The molecule has 0 spiro atoms. The average molecular weight is 241 g/mol. The Hall–Kier alpha value is -0.960. The highest BCUT2D eigenvalue weighted by Crippen LogP contribution is 2.22. The fourth-order valence-corrected chi connectivity index (χ4v) is 1.17. The third kappa shape index (κ3) is 2.77. The predicted molar refractivity (Wildman–Crippen MR) is 62.1 cm³/mol. The molecule has 0 aliphatic rings. The molecule has 0 amide bonds. The Morgan fingerprint density at radius 1 is 1.62 bits per heavy atom. The van der Waals surface area contributed by atoms with Crippen LogP contribution in [0.2, 0.25) is 0 Å². The second-order valence-corrected chi connectivity index (χ2v) is 4.03. The first-order chi connectivity index (χ1) is 6.11. The van der Waals surface area contributed by atoms with E-state index in [0.717, 1.165) is 21.4 Å². The third-order valence-electron chi connectivity index (χ3n) is 1.79. The molecule has 2 nitrogen and oxygen atoms in total. The molecule has 1 aromatic carbocycles. The zero-order chi connectivity index (χ0) is 9.84. The second-order valence-electron chi connectivity index (χ2n) is 2.91. The van der Waals surface area contributed by atoms with Crippen LogP contribution in [0.4, 0.5) is 11.4 Å². The number of rotatable bonds is 3. The lowest BCUT2D eigenvalue weighted by molar-refractivity contribution is 1.32. The van der Waals surface area contributed by atoms with Gasteiger partial charge in [0, 0.05) is 11.0 Å². The van der Waals surface area contributed by atoms with Crippen molar-refractivity contribution in [2.24, 2.45) is 0 Å². The Morgan fingerprint density at radius 3 is 2.92 bits per heavy atom. The summed E-state index contributed by atoms with van der Waals surface area (Å²) in [6, 6.07) is 5.92. The van der Waals surface area contributed by atoms with Crippen LogP contribution in [0.25, 0.3) is 0 Å². The molecule has 0 atom stereocenters. The smallest absolute Gasteiger partial charge is 0.0579 e. The van der Waals surface area contributed by atoms with Gasteiger partial charge in [0.2, 0.25) is 0 Å². The summed E-state index contributed by atoms with van der Waals surface area (Å²) in [5.41, 5.74) is 8.71. The zero-order valence-electron chi connectivity index (χ0n) is 7.60. The van der Waals surface area contributed by atoms with E-state index < -0.39 is 0 Å². The number of hydrogen-bond donors (Lipinski definition) is 2. The summed E-state index contributed by atoms with van der Waals surface area (Å²) in [7, 11) is 0. The van der Waals surface area contributed by atoms with E-state index in [1.807, 2.05) is 25.1 Å². The van der Waals surface area contributed by atoms with Crippen molar-refractivity contribution in [2.45, 2.75) is 6.92 Å². The summed E-state index contributed by atoms with van der Waals surface area (Å²) in [6.45, 7) is 6.41. The summed E-state index contributed by atoms with van der Waals surface area (Å²) in [5.74, 6) is 0. The molecule has 0 saturated carbocycles. The quantitative estimate of drug-likeness (QED) is 0.798. The molecule has 0 heterocycles. The predicted octanol–water partition coefficient (Wildman–Crippen LogP) is 2.90. The Balaban J connectivity index is 2.77. The van der Waals surface area contributed by atoms with Crippen LogP contribution in [0.1, 0.15) is 5.56 Å². The Labute approximate surface area is 87.0 Å². The summed E-state index contributed by atoms with van der Waals surface area (Å²) >= 11 is 3.28. The molecule has 0 fully saturated rings. The van der Waals surface area contributed by atoms with Gasteiger partial charge in [-0.15, -0.1) is 0 Å². The fourth-order valence-electron chi connectivity index (χ4n) is 1.03. The molecular formula is C10H13BrN2.